The number of aromatic nitrogens is 1. The van der Waals surface area contributed by atoms with Crippen LogP contribution < -0.4 is 16.2 Å². The van der Waals surface area contributed by atoms with E-state index in [0.29, 0.717) is 38.8 Å². The van der Waals surface area contributed by atoms with E-state index in [0.717, 1.165) is 16.6 Å². The van der Waals surface area contributed by atoms with E-state index in [2.05, 4.69) is 10.3 Å². The number of piperidine rings is 1. The Kier molecular flexibility index (Phi) is 7.33. The van der Waals surface area contributed by atoms with Gasteiger partial charge in [0.2, 0.25) is 11.8 Å². The third kappa shape index (κ3) is 5.85. The molecular weight excluding hydrogens is 396 g/mol. The zero-order valence-corrected chi connectivity index (χ0v) is 18.1. The molecule has 1 aliphatic rings. The largest absolute Gasteiger partial charge is 0.548 e. The summed E-state index contributed by atoms with van der Waals surface area (Å²) in [6, 6.07) is 8.25. The third-order valence-corrected chi connectivity index (χ3v) is 5.83. The molecule has 0 aliphatic carbocycles. The maximum absolute atomic E-state index is 12.8. The maximum Gasteiger partial charge on any atom is 0.239 e. The summed E-state index contributed by atoms with van der Waals surface area (Å²) in [5, 5.41) is 15.0. The Morgan fingerprint density at radius 3 is 2.55 bits per heavy atom. The van der Waals surface area contributed by atoms with E-state index in [9.17, 15) is 19.5 Å². The number of carboxylic acid groups (broad SMARTS) is 1. The Labute approximate surface area is 185 Å². The van der Waals surface area contributed by atoms with Crippen molar-refractivity contribution in [3.8, 4) is 0 Å². The van der Waals surface area contributed by atoms with Crippen LogP contribution in [0.2, 0.25) is 0 Å². The number of nitrogens with zero attached hydrogens (tertiary/aromatic N) is 1. The van der Waals surface area contributed by atoms with E-state index >= 15 is 0 Å². The zero-order valence-electron chi connectivity index (χ0n) is 18.1. The lowest BCUT2D eigenvalue weighted by Crippen LogP contribution is -2.53. The summed E-state index contributed by atoms with van der Waals surface area (Å²) in [7, 11) is 0. The molecule has 0 bridgehead atoms. The van der Waals surface area contributed by atoms with Gasteiger partial charge in [0.1, 0.15) is 0 Å². The average Bonchev–Trinajstić information content (AvgIpc) is 3.14. The summed E-state index contributed by atoms with van der Waals surface area (Å²) >= 11 is 0. The van der Waals surface area contributed by atoms with Gasteiger partial charge in [-0.3, -0.25) is 9.59 Å². The number of amides is 2. The van der Waals surface area contributed by atoms with Gasteiger partial charge in [0.15, 0.2) is 0 Å². The number of carbonyl (C=O) groups is 3. The van der Waals surface area contributed by atoms with E-state index in [1.165, 1.54) is 0 Å². The van der Waals surface area contributed by atoms with Crippen LogP contribution in [0.3, 0.4) is 0 Å². The molecule has 0 unspecified atom stereocenters. The number of carbonyl (C=O) groups excluding carboxylic acids is 3. The molecular formula is C23H35N4O4-. The molecule has 2 atom stereocenters. The number of nitrogens with two attached hydrogens (primary N) is 1. The minimum Gasteiger partial charge on any atom is -0.548 e. The number of aromatic amines is 1. The number of para-hydroxylation sites is 1. The van der Waals surface area contributed by atoms with Crippen LogP contribution in [0.5, 0.6) is 0 Å². The minimum atomic E-state index is -1.27. The number of rotatable bonds is 8. The Hall–Kier alpha value is -2.87. The predicted octanol–water partition coefficient (Wildman–Crippen LogP) is 1.05. The van der Waals surface area contributed by atoms with Crippen molar-refractivity contribution < 1.29 is 22.3 Å². The molecule has 8 nitrogen and oxygen atoms in total. The second-order valence-electron chi connectivity index (χ2n) is 8.80. The molecule has 1 aromatic carbocycles. The summed E-state index contributed by atoms with van der Waals surface area (Å²) in [5.74, 6) is -1.88. The summed E-state index contributed by atoms with van der Waals surface area (Å²) in [4.78, 5) is 41.5. The van der Waals surface area contributed by atoms with Crippen LogP contribution in [0.25, 0.3) is 10.9 Å². The fraction of sp³-hybridized carbons (Fsp3) is 0.522. The first-order chi connectivity index (χ1) is 14.7. The van der Waals surface area contributed by atoms with Crippen molar-refractivity contribution in [2.24, 2.45) is 17.6 Å². The number of hydrogen-bond donors (Lipinski definition) is 3. The van der Waals surface area contributed by atoms with Crippen molar-refractivity contribution in [3.63, 3.8) is 0 Å². The topological polar surface area (TPSA) is 131 Å². The Balaban J connectivity index is 0.00000272. The maximum atomic E-state index is 12.8. The number of hydrogen-bond acceptors (Lipinski definition) is 5. The molecule has 4 N–H and O–H groups in total. The molecule has 2 aromatic rings. The lowest BCUT2D eigenvalue weighted by molar-refractivity contribution is -0.308. The molecule has 2 amide bonds. The highest BCUT2D eigenvalue weighted by Crippen LogP contribution is 2.20. The fourth-order valence-corrected chi connectivity index (χ4v) is 4.14. The number of nitrogens with one attached hydrogen (secondary N) is 2. The number of fused-ring (bicyclic) bond motifs is 1. The second kappa shape index (κ2) is 9.96. The van der Waals surface area contributed by atoms with Crippen molar-refractivity contribution in [3.05, 3.63) is 36.0 Å². The Morgan fingerprint density at radius 1 is 1.26 bits per heavy atom. The Morgan fingerprint density at radius 2 is 1.94 bits per heavy atom. The molecule has 0 saturated carbocycles. The smallest absolute Gasteiger partial charge is 0.239 e. The Bertz CT molecular complexity index is 908. The average molecular weight is 432 g/mol. The second-order valence-corrected chi connectivity index (χ2v) is 8.80. The highest BCUT2D eigenvalue weighted by atomic mass is 16.4. The van der Waals surface area contributed by atoms with Gasteiger partial charge in [-0.15, -0.1) is 0 Å². The monoisotopic (exact) mass is 431 g/mol. The third-order valence-electron chi connectivity index (χ3n) is 5.83. The molecule has 1 aliphatic heterocycles. The van der Waals surface area contributed by atoms with E-state index in [1.807, 2.05) is 44.2 Å². The van der Waals surface area contributed by atoms with Gasteiger partial charge in [0.25, 0.3) is 0 Å². The summed E-state index contributed by atoms with van der Waals surface area (Å²) < 4.78 is 0. The number of carboxylic acids is 1. The van der Waals surface area contributed by atoms with Crippen LogP contribution in [0, 0.1) is 11.8 Å². The first kappa shape index (κ1) is 22.8. The molecule has 0 radical (unpaired) electrons. The van der Waals surface area contributed by atoms with Gasteiger partial charge in [0, 0.05) is 39.5 Å². The number of likely N-dealkylation sites (tertiary alicyclic amines) is 1. The van der Waals surface area contributed by atoms with Crippen LogP contribution in [-0.4, -0.2) is 52.8 Å². The van der Waals surface area contributed by atoms with Gasteiger partial charge < -0.3 is 30.8 Å². The molecule has 1 fully saturated rings. The van der Waals surface area contributed by atoms with Crippen molar-refractivity contribution in [2.45, 2.75) is 51.6 Å². The van der Waals surface area contributed by atoms with Crippen molar-refractivity contribution in [1.82, 2.24) is 15.2 Å². The number of aliphatic carboxylic acids is 1. The highest BCUT2D eigenvalue weighted by molar-refractivity contribution is 5.86. The quantitative estimate of drug-likeness (QED) is 0.575. The van der Waals surface area contributed by atoms with Crippen molar-refractivity contribution in [2.75, 3.05) is 13.1 Å². The van der Waals surface area contributed by atoms with Crippen LogP contribution >= 0.6 is 0 Å². The summed E-state index contributed by atoms with van der Waals surface area (Å²) in [6.07, 6.45) is 1.71. The lowest BCUT2D eigenvalue weighted by Gasteiger charge is -2.33. The van der Waals surface area contributed by atoms with Crippen LogP contribution in [0.4, 0.5) is 0 Å². The molecule has 8 heteroatoms. The first-order valence-electron chi connectivity index (χ1n) is 10.9. The van der Waals surface area contributed by atoms with E-state index in [4.69, 9.17) is 5.73 Å². The van der Waals surface area contributed by atoms with Crippen LogP contribution in [0.15, 0.2) is 30.3 Å². The van der Waals surface area contributed by atoms with Gasteiger partial charge in [-0.1, -0.05) is 32.0 Å². The fourth-order valence-electron chi connectivity index (χ4n) is 4.14. The summed E-state index contributed by atoms with van der Waals surface area (Å²) in [6.45, 7) is 4.64. The number of benzene rings is 1. The van der Waals surface area contributed by atoms with E-state index in [1.54, 1.807) is 4.90 Å². The normalized spacial score (nSPS) is 17.0. The standard InChI is InChI=1S/C23H32N4O4.2H2/c1-14(2)11-20(23(30)31)26-21(28)15-7-9-27(10-8-15)22(29)18(24)13-17-12-16-5-3-4-6-19(16)25-17;;/h3-6,12,14-15,18,20,25H,7-11,13,24H2,1-2H3,(H,26,28)(H,30,31);2*1H/p-1/t18-,20+;;/m0../s1. The molecule has 2 heterocycles. The van der Waals surface area contributed by atoms with Crippen LogP contribution in [-0.2, 0) is 20.8 Å². The predicted molar refractivity (Wildman–Crippen MR) is 120 cm³/mol. The van der Waals surface area contributed by atoms with E-state index < -0.39 is 18.1 Å². The molecule has 1 aromatic heterocycles. The summed E-state index contributed by atoms with van der Waals surface area (Å²) in [5.41, 5.74) is 8.10. The molecule has 172 valence electrons. The zero-order chi connectivity index (χ0) is 22.5. The first-order valence-corrected chi connectivity index (χ1v) is 10.9. The van der Waals surface area contributed by atoms with Gasteiger partial charge >= 0.3 is 0 Å². The van der Waals surface area contributed by atoms with E-state index in [-0.39, 0.29) is 26.5 Å². The van der Waals surface area contributed by atoms with Gasteiger partial charge in [-0.05, 0) is 42.7 Å². The van der Waals surface area contributed by atoms with Crippen molar-refractivity contribution in [1.29, 1.82) is 0 Å². The molecule has 3 rings (SSSR count). The SMILES string of the molecule is CC(C)C[C@@H](NC(=O)C1CCN(C(=O)[C@@H](N)Cc2cc3ccccc3[nH]2)CC1)C(=O)[O-].[HH].[HH]. The van der Waals surface area contributed by atoms with Gasteiger partial charge in [-0.2, -0.15) is 0 Å². The molecule has 31 heavy (non-hydrogen) atoms. The molecule has 1 saturated heterocycles. The molecule has 0 spiro atoms. The highest BCUT2D eigenvalue weighted by Gasteiger charge is 2.30. The van der Waals surface area contributed by atoms with Crippen molar-refractivity contribution >= 4 is 28.7 Å². The lowest BCUT2D eigenvalue weighted by atomic mass is 9.94. The minimum absolute atomic E-state index is 0. The van der Waals surface area contributed by atoms with Crippen LogP contribution in [0.1, 0.15) is 41.7 Å². The number of H-pyrrole nitrogens is 1. The van der Waals surface area contributed by atoms with Gasteiger partial charge in [0.05, 0.1) is 18.1 Å². The van der Waals surface area contributed by atoms with Gasteiger partial charge in [-0.25, -0.2) is 0 Å².